The molecule has 2 N–H and O–H groups in total. The first-order valence-corrected chi connectivity index (χ1v) is 6.19. The Morgan fingerprint density at radius 2 is 1.71 bits per heavy atom. The molecule has 0 aromatic carbocycles. The maximum Gasteiger partial charge on any atom is 0.0804 e. The Morgan fingerprint density at radius 1 is 1.07 bits per heavy atom. The Kier molecular flexibility index (Phi) is 3.45. The largest absolute Gasteiger partial charge is 0.373 e. The van der Waals surface area contributed by atoms with E-state index in [4.69, 9.17) is 10.5 Å². The van der Waals surface area contributed by atoms with Crippen LogP contribution in [0.5, 0.6) is 0 Å². The van der Waals surface area contributed by atoms with Gasteiger partial charge >= 0.3 is 0 Å². The minimum atomic E-state index is 0.0720. The molecule has 0 unspecified atom stereocenters. The lowest BCUT2D eigenvalue weighted by Gasteiger charge is -2.29. The molecule has 0 aromatic heterocycles. The van der Waals surface area contributed by atoms with Crippen molar-refractivity contribution in [1.82, 2.24) is 0 Å². The summed E-state index contributed by atoms with van der Waals surface area (Å²) in [6, 6.07) is 0. The van der Waals surface area contributed by atoms with E-state index >= 15 is 0 Å². The van der Waals surface area contributed by atoms with Gasteiger partial charge in [0, 0.05) is 6.54 Å². The minimum Gasteiger partial charge on any atom is -0.373 e. The lowest BCUT2D eigenvalue weighted by molar-refractivity contribution is -0.0490. The van der Waals surface area contributed by atoms with E-state index in [1.54, 1.807) is 0 Å². The summed E-state index contributed by atoms with van der Waals surface area (Å²) in [5.41, 5.74) is 5.90. The summed E-state index contributed by atoms with van der Waals surface area (Å²) in [7, 11) is 0. The Morgan fingerprint density at radius 3 is 2.29 bits per heavy atom. The second-order valence-corrected chi connectivity index (χ2v) is 5.06. The molecule has 0 saturated heterocycles. The summed E-state index contributed by atoms with van der Waals surface area (Å²) in [5.74, 6) is 0.832. The quantitative estimate of drug-likeness (QED) is 0.751. The molecule has 0 atom stereocenters. The summed E-state index contributed by atoms with van der Waals surface area (Å²) in [6.45, 7) is 1.69. The number of hydrogen-bond acceptors (Lipinski definition) is 2. The van der Waals surface area contributed by atoms with Crippen LogP contribution in [-0.2, 0) is 4.74 Å². The highest BCUT2D eigenvalue weighted by Gasteiger charge is 2.34. The SMILES string of the molecule is NCC1(OCC2CCCC2)CCCC1. The zero-order chi connectivity index (χ0) is 9.86. The van der Waals surface area contributed by atoms with E-state index < -0.39 is 0 Å². The van der Waals surface area contributed by atoms with Crippen LogP contribution in [0.2, 0.25) is 0 Å². The molecule has 0 aliphatic heterocycles. The summed E-state index contributed by atoms with van der Waals surface area (Å²) < 4.78 is 6.10. The van der Waals surface area contributed by atoms with E-state index in [1.807, 2.05) is 0 Å². The third kappa shape index (κ3) is 2.29. The van der Waals surface area contributed by atoms with E-state index in [-0.39, 0.29) is 5.60 Å². The number of rotatable bonds is 4. The van der Waals surface area contributed by atoms with E-state index in [0.717, 1.165) is 19.1 Å². The fourth-order valence-electron chi connectivity index (χ4n) is 2.90. The third-order valence-corrected chi connectivity index (χ3v) is 3.99. The first-order chi connectivity index (χ1) is 6.85. The summed E-state index contributed by atoms with van der Waals surface area (Å²) in [6.07, 6.45) is 10.6. The lowest BCUT2D eigenvalue weighted by Crippen LogP contribution is -2.39. The van der Waals surface area contributed by atoms with Crippen LogP contribution in [0.25, 0.3) is 0 Å². The van der Waals surface area contributed by atoms with Crippen molar-refractivity contribution in [1.29, 1.82) is 0 Å². The van der Waals surface area contributed by atoms with Gasteiger partial charge in [-0.2, -0.15) is 0 Å². The number of nitrogens with two attached hydrogens (primary N) is 1. The average molecular weight is 197 g/mol. The highest BCUT2D eigenvalue weighted by atomic mass is 16.5. The van der Waals surface area contributed by atoms with E-state index in [0.29, 0.717) is 0 Å². The first kappa shape index (κ1) is 10.4. The number of ether oxygens (including phenoxy) is 1. The summed E-state index contributed by atoms with van der Waals surface area (Å²) in [5, 5.41) is 0. The predicted molar refractivity (Wildman–Crippen MR) is 58.2 cm³/mol. The van der Waals surface area contributed by atoms with E-state index in [9.17, 15) is 0 Å². The molecule has 2 saturated carbocycles. The highest BCUT2D eigenvalue weighted by molar-refractivity contribution is 4.87. The summed E-state index contributed by atoms with van der Waals surface area (Å²) >= 11 is 0. The van der Waals surface area contributed by atoms with Crippen LogP contribution in [0, 0.1) is 5.92 Å². The van der Waals surface area contributed by atoms with Crippen molar-refractivity contribution in [3.63, 3.8) is 0 Å². The lowest BCUT2D eigenvalue weighted by atomic mass is 10.0. The van der Waals surface area contributed by atoms with Crippen molar-refractivity contribution in [3.8, 4) is 0 Å². The van der Waals surface area contributed by atoms with Crippen molar-refractivity contribution in [2.45, 2.75) is 57.0 Å². The van der Waals surface area contributed by atoms with Crippen molar-refractivity contribution < 1.29 is 4.74 Å². The van der Waals surface area contributed by atoms with Gasteiger partial charge in [-0.25, -0.2) is 0 Å². The van der Waals surface area contributed by atoms with E-state index in [2.05, 4.69) is 0 Å². The second-order valence-electron chi connectivity index (χ2n) is 5.06. The Bertz CT molecular complexity index is 169. The van der Waals surface area contributed by atoms with Crippen LogP contribution >= 0.6 is 0 Å². The first-order valence-electron chi connectivity index (χ1n) is 6.19. The molecule has 0 spiro atoms. The minimum absolute atomic E-state index is 0.0720. The molecule has 0 amide bonds. The zero-order valence-corrected chi connectivity index (χ0v) is 9.13. The van der Waals surface area contributed by atoms with Gasteiger partial charge in [0.2, 0.25) is 0 Å². The Balaban J connectivity index is 1.76. The Labute approximate surface area is 87.2 Å². The van der Waals surface area contributed by atoms with Crippen molar-refractivity contribution in [2.75, 3.05) is 13.2 Å². The molecule has 82 valence electrons. The van der Waals surface area contributed by atoms with Crippen LogP contribution < -0.4 is 5.73 Å². The molecule has 2 aliphatic rings. The molecule has 2 heteroatoms. The van der Waals surface area contributed by atoms with Crippen LogP contribution in [-0.4, -0.2) is 18.8 Å². The van der Waals surface area contributed by atoms with Crippen molar-refractivity contribution in [3.05, 3.63) is 0 Å². The van der Waals surface area contributed by atoms with Crippen LogP contribution in [0.15, 0.2) is 0 Å². The van der Waals surface area contributed by atoms with Crippen molar-refractivity contribution >= 4 is 0 Å². The molecule has 0 aromatic rings. The van der Waals surface area contributed by atoms with Gasteiger partial charge in [0.1, 0.15) is 0 Å². The van der Waals surface area contributed by atoms with Crippen LogP contribution in [0.3, 0.4) is 0 Å². The molecule has 14 heavy (non-hydrogen) atoms. The third-order valence-electron chi connectivity index (χ3n) is 3.99. The Hall–Kier alpha value is -0.0800. The van der Waals surface area contributed by atoms with Gasteiger partial charge in [-0.3, -0.25) is 0 Å². The maximum absolute atomic E-state index is 6.10. The van der Waals surface area contributed by atoms with Gasteiger partial charge in [-0.15, -0.1) is 0 Å². The van der Waals surface area contributed by atoms with E-state index in [1.165, 1.54) is 51.4 Å². The molecule has 0 bridgehead atoms. The normalized spacial score (nSPS) is 27.2. The van der Waals surface area contributed by atoms with Gasteiger partial charge in [-0.05, 0) is 31.6 Å². The smallest absolute Gasteiger partial charge is 0.0804 e. The van der Waals surface area contributed by atoms with Crippen LogP contribution in [0.1, 0.15) is 51.4 Å². The topological polar surface area (TPSA) is 35.2 Å². The zero-order valence-electron chi connectivity index (χ0n) is 9.13. The maximum atomic E-state index is 6.10. The van der Waals surface area contributed by atoms with Gasteiger partial charge in [0.25, 0.3) is 0 Å². The molecule has 2 nitrogen and oxygen atoms in total. The van der Waals surface area contributed by atoms with Gasteiger partial charge in [0.05, 0.1) is 12.2 Å². The summed E-state index contributed by atoms with van der Waals surface area (Å²) in [4.78, 5) is 0. The molecular formula is C12H23NO. The fraction of sp³-hybridized carbons (Fsp3) is 1.00. The highest BCUT2D eigenvalue weighted by Crippen LogP contribution is 2.34. The fourth-order valence-corrected chi connectivity index (χ4v) is 2.90. The number of hydrogen-bond donors (Lipinski definition) is 1. The van der Waals surface area contributed by atoms with Gasteiger partial charge < -0.3 is 10.5 Å². The van der Waals surface area contributed by atoms with Crippen molar-refractivity contribution in [2.24, 2.45) is 11.7 Å². The second kappa shape index (κ2) is 4.63. The monoisotopic (exact) mass is 197 g/mol. The molecule has 2 aliphatic carbocycles. The van der Waals surface area contributed by atoms with Crippen LogP contribution in [0.4, 0.5) is 0 Å². The van der Waals surface area contributed by atoms with Gasteiger partial charge in [0.15, 0.2) is 0 Å². The average Bonchev–Trinajstić information content (AvgIpc) is 2.87. The predicted octanol–water partition coefficient (Wildman–Crippen LogP) is 2.46. The molecule has 2 rings (SSSR count). The van der Waals surface area contributed by atoms with Gasteiger partial charge in [-0.1, -0.05) is 25.7 Å². The standard InChI is InChI=1S/C12H23NO/c13-10-12(7-3-4-8-12)14-9-11-5-1-2-6-11/h11H,1-10,13H2. The molecule has 0 heterocycles. The molecule has 0 radical (unpaired) electrons. The molecule has 2 fully saturated rings. The molecular weight excluding hydrogens is 174 g/mol.